The van der Waals surface area contributed by atoms with E-state index in [9.17, 15) is 13.2 Å². The van der Waals surface area contributed by atoms with E-state index in [-0.39, 0.29) is 21.2 Å². The number of pyridine rings is 1. The van der Waals surface area contributed by atoms with Crippen molar-refractivity contribution in [2.75, 3.05) is 4.72 Å². The first-order valence-electron chi connectivity index (χ1n) is 5.77. The van der Waals surface area contributed by atoms with Crippen molar-refractivity contribution in [2.45, 2.75) is 11.8 Å². The van der Waals surface area contributed by atoms with Gasteiger partial charge in [0, 0.05) is 6.20 Å². The highest BCUT2D eigenvalue weighted by atomic mass is 35.5. The molecule has 1 heterocycles. The van der Waals surface area contributed by atoms with Crippen LogP contribution in [0.15, 0.2) is 41.6 Å². The molecule has 110 valence electrons. The van der Waals surface area contributed by atoms with Crippen LogP contribution in [0.1, 0.15) is 15.9 Å². The number of anilines is 1. The topological polar surface area (TPSA) is 96.4 Å². The van der Waals surface area contributed by atoms with Crippen LogP contribution in [0.25, 0.3) is 0 Å². The lowest BCUT2D eigenvalue weighted by molar-refractivity contribution is 0.0696. The van der Waals surface area contributed by atoms with Gasteiger partial charge in [-0.25, -0.2) is 13.2 Å². The summed E-state index contributed by atoms with van der Waals surface area (Å²) in [5.41, 5.74) is 0.435. The molecule has 0 atom stereocenters. The van der Waals surface area contributed by atoms with E-state index in [2.05, 4.69) is 9.71 Å². The van der Waals surface area contributed by atoms with Crippen LogP contribution in [-0.4, -0.2) is 24.5 Å². The number of nitrogens with one attached hydrogen (secondary N) is 1. The van der Waals surface area contributed by atoms with E-state index in [0.717, 1.165) is 6.07 Å². The summed E-state index contributed by atoms with van der Waals surface area (Å²) in [5.74, 6) is -1.20. The Hall–Kier alpha value is -2.12. The van der Waals surface area contributed by atoms with E-state index in [1.54, 1.807) is 6.92 Å². The summed E-state index contributed by atoms with van der Waals surface area (Å²) in [6, 6.07) is 5.32. The van der Waals surface area contributed by atoms with Gasteiger partial charge >= 0.3 is 5.97 Å². The lowest BCUT2D eigenvalue weighted by atomic mass is 10.1. The Morgan fingerprint density at radius 3 is 2.67 bits per heavy atom. The van der Waals surface area contributed by atoms with Gasteiger partial charge in [-0.1, -0.05) is 17.7 Å². The van der Waals surface area contributed by atoms with Gasteiger partial charge < -0.3 is 5.11 Å². The molecule has 8 heteroatoms. The van der Waals surface area contributed by atoms with Gasteiger partial charge in [-0.2, -0.15) is 0 Å². The summed E-state index contributed by atoms with van der Waals surface area (Å²) in [4.78, 5) is 14.6. The summed E-state index contributed by atoms with van der Waals surface area (Å²) in [7, 11) is -3.96. The normalized spacial score (nSPS) is 11.1. The number of halogens is 1. The summed E-state index contributed by atoms with van der Waals surface area (Å²) in [6.45, 7) is 1.57. The van der Waals surface area contributed by atoms with Gasteiger partial charge in [0.2, 0.25) is 0 Å². The number of nitrogens with zero attached hydrogens (tertiary/aromatic N) is 1. The smallest absolute Gasteiger partial charge is 0.335 e. The third-order valence-electron chi connectivity index (χ3n) is 2.74. The minimum Gasteiger partial charge on any atom is -0.478 e. The molecular weight excluding hydrogens is 316 g/mol. The van der Waals surface area contributed by atoms with Gasteiger partial charge in [-0.15, -0.1) is 0 Å². The van der Waals surface area contributed by atoms with Gasteiger partial charge in [-0.05, 0) is 30.7 Å². The summed E-state index contributed by atoms with van der Waals surface area (Å²) in [6.07, 6.45) is 2.70. The Morgan fingerprint density at radius 2 is 2.05 bits per heavy atom. The highest BCUT2D eigenvalue weighted by Gasteiger charge is 2.20. The minimum absolute atomic E-state index is 0.113. The first kappa shape index (κ1) is 15.3. The van der Waals surface area contributed by atoms with Gasteiger partial charge in [0.15, 0.2) is 0 Å². The van der Waals surface area contributed by atoms with E-state index in [4.69, 9.17) is 16.7 Å². The quantitative estimate of drug-likeness (QED) is 0.900. The molecule has 2 aromatic rings. The average molecular weight is 327 g/mol. The maximum atomic E-state index is 12.4. The molecule has 1 aromatic carbocycles. The average Bonchev–Trinajstić information content (AvgIpc) is 2.41. The lowest BCUT2D eigenvalue weighted by Gasteiger charge is -2.11. The first-order chi connectivity index (χ1) is 9.81. The molecule has 0 saturated heterocycles. The van der Waals surface area contributed by atoms with Crippen molar-refractivity contribution in [3.63, 3.8) is 0 Å². The number of hydrogen-bond acceptors (Lipinski definition) is 4. The van der Waals surface area contributed by atoms with Gasteiger partial charge in [0.05, 0.1) is 27.4 Å². The SMILES string of the molecule is Cc1ccc(C(=O)O)cc1S(=O)(=O)Nc1cnccc1Cl. The zero-order valence-corrected chi connectivity index (χ0v) is 12.4. The molecule has 2 rings (SSSR count). The molecule has 0 bridgehead atoms. The predicted molar refractivity (Wildman–Crippen MR) is 78.2 cm³/mol. The molecule has 0 spiro atoms. The van der Waals surface area contributed by atoms with E-state index in [0.29, 0.717) is 5.56 Å². The second kappa shape index (κ2) is 5.71. The number of aromatic carboxylic acids is 1. The molecule has 0 aliphatic heterocycles. The Labute approximate surface area is 126 Å². The zero-order chi connectivity index (χ0) is 15.6. The van der Waals surface area contributed by atoms with Crippen LogP contribution in [-0.2, 0) is 10.0 Å². The third kappa shape index (κ3) is 3.32. The van der Waals surface area contributed by atoms with Crippen molar-refractivity contribution in [2.24, 2.45) is 0 Å². The molecular formula is C13H11ClN2O4S. The number of carboxylic acid groups (broad SMARTS) is 1. The van der Waals surface area contributed by atoms with Gasteiger partial charge in [-0.3, -0.25) is 9.71 Å². The molecule has 0 aliphatic carbocycles. The summed E-state index contributed by atoms with van der Waals surface area (Å²) < 4.78 is 27.0. The van der Waals surface area contributed by atoms with Crippen LogP contribution in [0.3, 0.4) is 0 Å². The van der Waals surface area contributed by atoms with Crippen molar-refractivity contribution in [3.8, 4) is 0 Å². The number of sulfonamides is 1. The fourth-order valence-electron chi connectivity index (χ4n) is 1.67. The van der Waals surface area contributed by atoms with E-state index < -0.39 is 16.0 Å². The predicted octanol–water partition coefficient (Wildman–Crippen LogP) is 2.54. The number of aromatic nitrogens is 1. The van der Waals surface area contributed by atoms with Crippen LogP contribution in [0.4, 0.5) is 5.69 Å². The van der Waals surface area contributed by atoms with Crippen molar-refractivity contribution in [1.29, 1.82) is 0 Å². The van der Waals surface area contributed by atoms with Crippen molar-refractivity contribution < 1.29 is 18.3 Å². The van der Waals surface area contributed by atoms with E-state index in [1.807, 2.05) is 0 Å². The maximum Gasteiger partial charge on any atom is 0.335 e. The van der Waals surface area contributed by atoms with Crippen molar-refractivity contribution in [1.82, 2.24) is 4.98 Å². The molecule has 0 fully saturated rings. The molecule has 0 aliphatic rings. The maximum absolute atomic E-state index is 12.4. The number of carboxylic acids is 1. The Bertz CT molecular complexity index is 806. The number of hydrogen-bond donors (Lipinski definition) is 2. The second-order valence-corrected chi connectivity index (χ2v) is 6.30. The van der Waals surface area contributed by atoms with Crippen molar-refractivity contribution in [3.05, 3.63) is 52.8 Å². The molecule has 0 saturated carbocycles. The van der Waals surface area contributed by atoms with Crippen LogP contribution < -0.4 is 4.72 Å². The highest BCUT2D eigenvalue weighted by Crippen LogP contribution is 2.25. The Morgan fingerprint density at radius 1 is 1.33 bits per heavy atom. The van der Waals surface area contributed by atoms with E-state index in [1.165, 1.54) is 30.6 Å². The van der Waals surface area contributed by atoms with Crippen molar-refractivity contribution >= 4 is 33.3 Å². The fourth-order valence-corrected chi connectivity index (χ4v) is 3.22. The largest absolute Gasteiger partial charge is 0.478 e. The zero-order valence-electron chi connectivity index (χ0n) is 10.9. The molecule has 0 unspecified atom stereocenters. The van der Waals surface area contributed by atoms with Gasteiger partial charge in [0.25, 0.3) is 10.0 Å². The monoisotopic (exact) mass is 326 g/mol. The van der Waals surface area contributed by atoms with Crippen LogP contribution in [0.5, 0.6) is 0 Å². The molecule has 0 amide bonds. The molecule has 2 N–H and O–H groups in total. The second-order valence-electron chi connectivity index (χ2n) is 4.25. The third-order valence-corrected chi connectivity index (χ3v) is 4.57. The molecule has 21 heavy (non-hydrogen) atoms. The minimum atomic E-state index is -3.96. The number of rotatable bonds is 4. The van der Waals surface area contributed by atoms with Gasteiger partial charge in [0.1, 0.15) is 0 Å². The highest BCUT2D eigenvalue weighted by molar-refractivity contribution is 7.92. The lowest BCUT2D eigenvalue weighted by Crippen LogP contribution is -2.15. The Kier molecular flexibility index (Phi) is 4.15. The molecule has 0 radical (unpaired) electrons. The fraction of sp³-hybridized carbons (Fsp3) is 0.0769. The number of carbonyl (C=O) groups is 1. The number of benzene rings is 1. The Balaban J connectivity index is 2.47. The van der Waals surface area contributed by atoms with Crippen LogP contribution in [0.2, 0.25) is 5.02 Å². The van der Waals surface area contributed by atoms with Crippen LogP contribution >= 0.6 is 11.6 Å². The van der Waals surface area contributed by atoms with Crippen LogP contribution in [0, 0.1) is 6.92 Å². The molecule has 1 aromatic heterocycles. The molecule has 6 nitrogen and oxygen atoms in total. The van der Waals surface area contributed by atoms with E-state index >= 15 is 0 Å². The summed E-state index contributed by atoms with van der Waals surface area (Å²) in [5, 5.41) is 9.15. The summed E-state index contributed by atoms with van der Waals surface area (Å²) >= 11 is 5.88. The number of aryl methyl sites for hydroxylation is 1. The first-order valence-corrected chi connectivity index (χ1v) is 7.63. The standard InChI is InChI=1S/C13H11ClN2O4S/c1-8-2-3-9(13(17)18)6-12(8)21(19,20)16-11-7-15-5-4-10(11)14/h2-7,16H,1H3,(H,17,18).